The van der Waals surface area contributed by atoms with E-state index in [0.29, 0.717) is 5.92 Å². The Balaban J connectivity index is 1.31. The van der Waals surface area contributed by atoms with Crippen LogP contribution in [0.1, 0.15) is 43.4 Å². The number of methoxy groups -OCH3 is 1. The fraction of sp³-hybridized carbons (Fsp3) is 0.481. The highest BCUT2D eigenvalue weighted by Crippen LogP contribution is 2.31. The SMILES string of the molecule is COc1ccc2nccc(CCC[C@@H]3CCN(CCCc4cnccn4)C[C@@H]3CC(=O)O)c2c1. The number of nitrogens with zero attached hydrogens (tertiary/aromatic N) is 4. The summed E-state index contributed by atoms with van der Waals surface area (Å²) in [6, 6.07) is 8.10. The van der Waals surface area contributed by atoms with Gasteiger partial charge in [-0.1, -0.05) is 0 Å². The number of piperidine rings is 1. The summed E-state index contributed by atoms with van der Waals surface area (Å²) in [5, 5.41) is 10.7. The molecule has 0 aliphatic carbocycles. The monoisotopic (exact) mass is 462 g/mol. The van der Waals surface area contributed by atoms with Gasteiger partial charge in [0.2, 0.25) is 0 Å². The number of carboxylic acids is 1. The molecule has 1 aromatic carbocycles. The molecule has 4 rings (SSSR count). The molecule has 34 heavy (non-hydrogen) atoms. The third kappa shape index (κ3) is 6.50. The summed E-state index contributed by atoms with van der Waals surface area (Å²) in [5.74, 6) is 0.811. The predicted octanol–water partition coefficient (Wildman–Crippen LogP) is 4.40. The summed E-state index contributed by atoms with van der Waals surface area (Å²) in [6.07, 6.45) is 13.4. The second kappa shape index (κ2) is 11.9. The van der Waals surface area contributed by atoms with E-state index >= 15 is 0 Å². The number of aryl methyl sites for hydroxylation is 2. The zero-order chi connectivity index (χ0) is 23.8. The lowest BCUT2D eigenvalue weighted by Crippen LogP contribution is -2.41. The molecule has 1 aliphatic heterocycles. The third-order valence-corrected chi connectivity index (χ3v) is 7.00. The van der Waals surface area contributed by atoms with E-state index in [2.05, 4.69) is 32.0 Å². The molecule has 0 bridgehead atoms. The van der Waals surface area contributed by atoms with Crippen LogP contribution in [0.5, 0.6) is 5.75 Å². The molecular weight excluding hydrogens is 428 g/mol. The normalized spacial score (nSPS) is 18.7. The van der Waals surface area contributed by atoms with Crippen LogP contribution in [0.25, 0.3) is 10.9 Å². The van der Waals surface area contributed by atoms with Crippen LogP contribution in [0.15, 0.2) is 49.1 Å². The maximum absolute atomic E-state index is 11.6. The Morgan fingerprint density at radius 3 is 2.82 bits per heavy atom. The molecule has 1 saturated heterocycles. The Morgan fingerprint density at radius 1 is 1.12 bits per heavy atom. The first-order chi connectivity index (χ1) is 16.6. The van der Waals surface area contributed by atoms with Crippen LogP contribution >= 0.6 is 0 Å². The number of ether oxygens (including phenoxy) is 1. The number of aromatic nitrogens is 3. The number of aliphatic carboxylic acids is 1. The van der Waals surface area contributed by atoms with Crippen molar-refractivity contribution in [2.75, 3.05) is 26.7 Å². The minimum absolute atomic E-state index is 0.206. The number of rotatable bonds is 11. The van der Waals surface area contributed by atoms with Gasteiger partial charge in [-0.25, -0.2) is 0 Å². The molecule has 1 N–H and O–H groups in total. The Labute approximate surface area is 201 Å². The largest absolute Gasteiger partial charge is 0.497 e. The van der Waals surface area contributed by atoms with Gasteiger partial charge in [0.15, 0.2) is 0 Å². The van der Waals surface area contributed by atoms with Crippen LogP contribution < -0.4 is 4.74 Å². The van der Waals surface area contributed by atoms with Crippen molar-refractivity contribution in [3.63, 3.8) is 0 Å². The lowest BCUT2D eigenvalue weighted by molar-refractivity contribution is -0.139. The molecule has 7 nitrogen and oxygen atoms in total. The zero-order valence-corrected chi connectivity index (χ0v) is 19.9. The quantitative estimate of drug-likeness (QED) is 0.452. The molecular formula is C27H34N4O3. The Morgan fingerprint density at radius 2 is 2.03 bits per heavy atom. The van der Waals surface area contributed by atoms with Crippen LogP contribution in [0.4, 0.5) is 0 Å². The standard InChI is InChI=1S/C27H34N4O3/c1-34-24-7-8-26-25(17-24)21(9-11-30-26)5-2-4-20-10-15-31(19-22(20)16-27(32)33)14-3-6-23-18-28-12-13-29-23/h7-9,11-13,17-18,20,22H,2-6,10,14-16,19H2,1H3,(H,32,33)/t20-,22+/m1/s1. The number of likely N-dealkylation sites (tertiary alicyclic amines) is 1. The second-order valence-corrected chi connectivity index (χ2v) is 9.25. The number of carbonyl (C=O) groups is 1. The maximum Gasteiger partial charge on any atom is 0.303 e. The van der Waals surface area contributed by atoms with Gasteiger partial charge in [0.05, 0.1) is 18.3 Å². The fourth-order valence-corrected chi connectivity index (χ4v) is 5.22. The molecule has 2 atom stereocenters. The zero-order valence-electron chi connectivity index (χ0n) is 19.9. The van der Waals surface area contributed by atoms with Crippen molar-refractivity contribution in [1.29, 1.82) is 0 Å². The Hall–Kier alpha value is -3.06. The molecule has 2 aromatic heterocycles. The summed E-state index contributed by atoms with van der Waals surface area (Å²) in [5.41, 5.74) is 3.28. The lowest BCUT2D eigenvalue weighted by atomic mass is 9.79. The molecule has 0 amide bonds. The van der Waals surface area contributed by atoms with Gasteiger partial charge in [0.1, 0.15) is 5.75 Å². The molecule has 0 saturated carbocycles. The topological polar surface area (TPSA) is 88.4 Å². The van der Waals surface area contributed by atoms with Crippen molar-refractivity contribution < 1.29 is 14.6 Å². The molecule has 0 unspecified atom stereocenters. The van der Waals surface area contributed by atoms with Gasteiger partial charge >= 0.3 is 5.97 Å². The van der Waals surface area contributed by atoms with Gasteiger partial charge in [-0.15, -0.1) is 0 Å². The summed E-state index contributed by atoms with van der Waals surface area (Å²) in [4.78, 5) is 27.0. The molecule has 1 fully saturated rings. The molecule has 3 heterocycles. The van der Waals surface area contributed by atoms with Crippen LogP contribution in [0.2, 0.25) is 0 Å². The molecule has 3 aromatic rings. The van der Waals surface area contributed by atoms with Crippen LogP contribution in [-0.4, -0.2) is 57.7 Å². The van der Waals surface area contributed by atoms with Crippen molar-refractivity contribution in [1.82, 2.24) is 19.9 Å². The maximum atomic E-state index is 11.6. The first-order valence-electron chi connectivity index (χ1n) is 12.2. The molecule has 180 valence electrons. The average molecular weight is 463 g/mol. The fourth-order valence-electron chi connectivity index (χ4n) is 5.22. The smallest absolute Gasteiger partial charge is 0.303 e. The highest BCUT2D eigenvalue weighted by molar-refractivity contribution is 5.83. The van der Waals surface area contributed by atoms with Crippen molar-refractivity contribution in [3.8, 4) is 5.75 Å². The van der Waals surface area contributed by atoms with E-state index < -0.39 is 5.97 Å². The highest BCUT2D eigenvalue weighted by atomic mass is 16.5. The Bertz CT molecular complexity index is 1080. The van der Waals surface area contributed by atoms with E-state index in [4.69, 9.17) is 4.74 Å². The van der Waals surface area contributed by atoms with Crippen LogP contribution in [0.3, 0.4) is 0 Å². The van der Waals surface area contributed by atoms with Gasteiger partial charge in [-0.2, -0.15) is 0 Å². The number of pyridine rings is 1. The first kappa shape index (κ1) is 24.1. The van der Waals surface area contributed by atoms with Crippen LogP contribution in [-0.2, 0) is 17.6 Å². The van der Waals surface area contributed by atoms with Crippen molar-refractivity contribution in [3.05, 3.63) is 60.3 Å². The second-order valence-electron chi connectivity index (χ2n) is 9.25. The van der Waals surface area contributed by atoms with E-state index in [1.165, 1.54) is 5.56 Å². The highest BCUT2D eigenvalue weighted by Gasteiger charge is 2.30. The minimum atomic E-state index is -0.691. The number of benzene rings is 1. The lowest BCUT2D eigenvalue weighted by Gasteiger charge is -2.38. The van der Waals surface area contributed by atoms with E-state index in [9.17, 15) is 9.90 Å². The first-order valence-corrected chi connectivity index (χ1v) is 12.2. The molecule has 0 spiro atoms. The Kier molecular flexibility index (Phi) is 8.41. The molecule has 0 radical (unpaired) electrons. The van der Waals surface area contributed by atoms with E-state index in [0.717, 1.165) is 80.5 Å². The van der Waals surface area contributed by atoms with Gasteiger partial charge < -0.3 is 14.7 Å². The summed E-state index contributed by atoms with van der Waals surface area (Å²) >= 11 is 0. The number of carboxylic acid groups (broad SMARTS) is 1. The minimum Gasteiger partial charge on any atom is -0.497 e. The summed E-state index contributed by atoms with van der Waals surface area (Å²) in [6.45, 7) is 2.88. The molecule has 1 aliphatic rings. The van der Waals surface area contributed by atoms with E-state index in [1.807, 2.05) is 24.5 Å². The van der Waals surface area contributed by atoms with Gasteiger partial charge in [0.25, 0.3) is 0 Å². The van der Waals surface area contributed by atoms with Crippen molar-refractivity contribution in [2.45, 2.75) is 44.9 Å². The van der Waals surface area contributed by atoms with Gasteiger partial charge in [0, 0.05) is 43.1 Å². The van der Waals surface area contributed by atoms with Gasteiger partial charge in [-0.3, -0.25) is 19.7 Å². The number of fused-ring (bicyclic) bond motifs is 1. The summed E-state index contributed by atoms with van der Waals surface area (Å²) in [7, 11) is 1.68. The average Bonchev–Trinajstić information content (AvgIpc) is 2.85. The van der Waals surface area contributed by atoms with Gasteiger partial charge in [-0.05, 0) is 93.3 Å². The molecule has 7 heteroatoms. The van der Waals surface area contributed by atoms with E-state index in [-0.39, 0.29) is 12.3 Å². The van der Waals surface area contributed by atoms with Crippen molar-refractivity contribution in [2.24, 2.45) is 11.8 Å². The van der Waals surface area contributed by atoms with E-state index in [1.54, 1.807) is 19.5 Å². The third-order valence-electron chi connectivity index (χ3n) is 7.00. The summed E-state index contributed by atoms with van der Waals surface area (Å²) < 4.78 is 5.40. The van der Waals surface area contributed by atoms with Crippen LogP contribution in [0, 0.1) is 11.8 Å². The number of hydrogen-bond acceptors (Lipinski definition) is 6. The van der Waals surface area contributed by atoms with Crippen molar-refractivity contribution >= 4 is 16.9 Å². The predicted molar refractivity (Wildman–Crippen MR) is 132 cm³/mol. The number of hydrogen-bond donors (Lipinski definition) is 1.